The zero-order chi connectivity index (χ0) is 20.0. The highest BCUT2D eigenvalue weighted by atomic mass is 16.5. The van der Waals surface area contributed by atoms with E-state index in [1.165, 1.54) is 18.4 Å². The molecule has 0 amide bonds. The maximum atomic E-state index is 11.4. The third kappa shape index (κ3) is 3.62. The van der Waals surface area contributed by atoms with Crippen LogP contribution in [0.3, 0.4) is 0 Å². The Morgan fingerprint density at radius 1 is 1.37 bits per heavy atom. The molecule has 2 N–H and O–H groups in total. The van der Waals surface area contributed by atoms with Crippen LogP contribution in [0.25, 0.3) is 6.08 Å². The third-order valence-corrected chi connectivity index (χ3v) is 6.34. The molecule has 0 saturated heterocycles. The summed E-state index contributed by atoms with van der Waals surface area (Å²) in [4.78, 5) is 11.4. The molecule has 0 spiro atoms. The summed E-state index contributed by atoms with van der Waals surface area (Å²) in [5, 5.41) is 19.7. The number of ether oxygens (including phenoxy) is 1. The second-order valence-electron chi connectivity index (χ2n) is 8.97. The fourth-order valence-electron chi connectivity index (χ4n) is 4.68. The number of hydrogen-bond acceptors (Lipinski definition) is 3. The molecule has 1 aliphatic carbocycles. The number of benzene rings is 1. The van der Waals surface area contributed by atoms with Gasteiger partial charge in [0, 0.05) is 0 Å². The minimum atomic E-state index is -1.13. The molecule has 1 saturated carbocycles. The summed E-state index contributed by atoms with van der Waals surface area (Å²) in [6.45, 7) is 12.7. The van der Waals surface area contributed by atoms with Crippen LogP contribution in [0.5, 0.6) is 11.5 Å². The lowest BCUT2D eigenvalue weighted by Gasteiger charge is -2.42. The van der Waals surface area contributed by atoms with Crippen LogP contribution < -0.4 is 4.74 Å². The van der Waals surface area contributed by atoms with E-state index >= 15 is 0 Å². The van der Waals surface area contributed by atoms with E-state index in [9.17, 15) is 15.0 Å². The predicted octanol–water partition coefficient (Wildman–Crippen LogP) is 5.73. The van der Waals surface area contributed by atoms with Crippen LogP contribution in [0.4, 0.5) is 0 Å². The molecule has 0 bridgehead atoms. The summed E-state index contributed by atoms with van der Waals surface area (Å²) in [5.41, 5.74) is 1.99. The van der Waals surface area contributed by atoms with Crippen molar-refractivity contribution in [3.05, 3.63) is 41.0 Å². The zero-order valence-corrected chi connectivity index (χ0v) is 16.8. The van der Waals surface area contributed by atoms with E-state index in [1.807, 2.05) is 13.0 Å². The van der Waals surface area contributed by atoms with Gasteiger partial charge in [-0.1, -0.05) is 26.0 Å². The van der Waals surface area contributed by atoms with Crippen LogP contribution in [0.15, 0.2) is 24.3 Å². The number of carboxylic acids is 1. The van der Waals surface area contributed by atoms with Crippen molar-refractivity contribution in [3.8, 4) is 11.5 Å². The van der Waals surface area contributed by atoms with Crippen LogP contribution in [0.2, 0.25) is 0 Å². The van der Waals surface area contributed by atoms with Gasteiger partial charge in [-0.05, 0) is 81.1 Å². The smallest absolute Gasteiger partial charge is 0.339 e. The molecule has 1 aliphatic heterocycles. The highest BCUT2D eigenvalue weighted by molar-refractivity contribution is 5.95. The molecular weight excluding hydrogens is 340 g/mol. The molecule has 146 valence electrons. The van der Waals surface area contributed by atoms with E-state index in [4.69, 9.17) is 4.74 Å². The average molecular weight is 370 g/mol. The van der Waals surface area contributed by atoms with Crippen molar-refractivity contribution in [1.82, 2.24) is 0 Å². The van der Waals surface area contributed by atoms with Crippen molar-refractivity contribution >= 4 is 12.0 Å². The Hall–Kier alpha value is -2.23. The standard InChI is InChI=1S/C23H30O4/c1-14-7-6-10-22(3,4)17(14)9-12-23(5)11-8-16-18(27-23)13-15(2)19(20(16)24)21(25)26/h8,11,13,17,24H,1,6-7,9-10,12H2,2-5H3,(H,25,26). The van der Waals surface area contributed by atoms with Gasteiger partial charge in [-0.3, -0.25) is 0 Å². The van der Waals surface area contributed by atoms with Gasteiger partial charge in [0.25, 0.3) is 0 Å². The van der Waals surface area contributed by atoms with Gasteiger partial charge in [0.05, 0.1) is 5.56 Å². The molecule has 2 unspecified atom stereocenters. The number of allylic oxidation sites excluding steroid dienone is 1. The number of rotatable bonds is 4. The molecular formula is C23H30O4. The van der Waals surface area contributed by atoms with E-state index in [0.29, 0.717) is 22.8 Å². The highest BCUT2D eigenvalue weighted by Gasteiger charge is 2.37. The fraction of sp³-hybridized carbons (Fsp3) is 0.522. The molecule has 0 aromatic heterocycles. The highest BCUT2D eigenvalue weighted by Crippen LogP contribution is 2.47. The van der Waals surface area contributed by atoms with Crippen LogP contribution in [-0.2, 0) is 0 Å². The van der Waals surface area contributed by atoms with E-state index in [2.05, 4.69) is 20.4 Å². The number of phenols is 1. The molecule has 0 radical (unpaired) electrons. The van der Waals surface area contributed by atoms with Crippen LogP contribution >= 0.6 is 0 Å². The summed E-state index contributed by atoms with van der Waals surface area (Å²) >= 11 is 0. The van der Waals surface area contributed by atoms with Gasteiger partial charge in [-0.25, -0.2) is 4.79 Å². The quantitative estimate of drug-likeness (QED) is 0.665. The molecule has 1 heterocycles. The topological polar surface area (TPSA) is 66.8 Å². The molecule has 2 aliphatic rings. The first-order chi connectivity index (χ1) is 12.5. The van der Waals surface area contributed by atoms with Crippen LogP contribution in [0, 0.1) is 18.3 Å². The first-order valence-corrected chi connectivity index (χ1v) is 9.70. The van der Waals surface area contributed by atoms with Gasteiger partial charge in [0.2, 0.25) is 0 Å². The molecule has 1 aromatic carbocycles. The van der Waals surface area contributed by atoms with Gasteiger partial charge in [0.1, 0.15) is 22.7 Å². The summed E-state index contributed by atoms with van der Waals surface area (Å²) in [7, 11) is 0. The van der Waals surface area contributed by atoms with Crippen molar-refractivity contribution < 1.29 is 19.7 Å². The molecule has 1 fully saturated rings. The number of aromatic hydroxyl groups is 1. The van der Waals surface area contributed by atoms with Crippen LogP contribution in [0.1, 0.15) is 74.4 Å². The van der Waals surface area contributed by atoms with E-state index in [1.54, 1.807) is 19.1 Å². The van der Waals surface area contributed by atoms with E-state index < -0.39 is 11.6 Å². The second-order valence-corrected chi connectivity index (χ2v) is 8.97. The Bertz CT molecular complexity index is 818. The summed E-state index contributed by atoms with van der Waals surface area (Å²) in [6.07, 6.45) is 9.12. The largest absolute Gasteiger partial charge is 0.506 e. The minimum Gasteiger partial charge on any atom is -0.506 e. The van der Waals surface area contributed by atoms with Gasteiger partial charge in [-0.15, -0.1) is 0 Å². The summed E-state index contributed by atoms with van der Waals surface area (Å²) in [6, 6.07) is 1.71. The number of aromatic carboxylic acids is 1. The maximum absolute atomic E-state index is 11.4. The minimum absolute atomic E-state index is 0.0640. The average Bonchev–Trinajstić information content (AvgIpc) is 2.52. The fourth-order valence-corrected chi connectivity index (χ4v) is 4.68. The first-order valence-electron chi connectivity index (χ1n) is 9.70. The van der Waals surface area contributed by atoms with Gasteiger partial charge in [-0.2, -0.15) is 0 Å². The van der Waals surface area contributed by atoms with Gasteiger partial charge in [0.15, 0.2) is 0 Å². The lowest BCUT2D eigenvalue weighted by Crippen LogP contribution is -2.36. The molecule has 4 heteroatoms. The zero-order valence-electron chi connectivity index (χ0n) is 16.8. The summed E-state index contributed by atoms with van der Waals surface area (Å²) in [5.74, 6) is -0.335. The van der Waals surface area contributed by atoms with Crippen molar-refractivity contribution in [2.24, 2.45) is 11.3 Å². The predicted molar refractivity (Wildman–Crippen MR) is 107 cm³/mol. The van der Waals surface area contributed by atoms with Gasteiger partial charge >= 0.3 is 5.97 Å². The number of aryl methyl sites for hydroxylation is 1. The Morgan fingerprint density at radius 2 is 2.07 bits per heavy atom. The maximum Gasteiger partial charge on any atom is 0.339 e. The Morgan fingerprint density at radius 3 is 2.70 bits per heavy atom. The Labute approximate surface area is 161 Å². The number of fused-ring (bicyclic) bond motifs is 1. The van der Waals surface area contributed by atoms with Gasteiger partial charge < -0.3 is 14.9 Å². The lowest BCUT2D eigenvalue weighted by atomic mass is 9.64. The molecule has 2 atom stereocenters. The first kappa shape index (κ1) is 19.5. The number of carboxylic acid groups (broad SMARTS) is 1. The SMILES string of the molecule is C=C1CCCC(C)(C)C1CCC1(C)C=Cc2c(cc(C)c(C(=O)O)c2O)O1. The van der Waals surface area contributed by atoms with Crippen molar-refractivity contribution in [2.45, 2.75) is 65.4 Å². The molecule has 4 nitrogen and oxygen atoms in total. The van der Waals surface area contributed by atoms with E-state index in [-0.39, 0.29) is 16.7 Å². The summed E-state index contributed by atoms with van der Waals surface area (Å²) < 4.78 is 6.24. The molecule has 1 aromatic rings. The molecule has 3 rings (SSSR count). The lowest BCUT2D eigenvalue weighted by molar-refractivity contribution is 0.0692. The third-order valence-electron chi connectivity index (χ3n) is 6.34. The normalized spacial score (nSPS) is 26.4. The Balaban J connectivity index is 1.82. The van der Waals surface area contributed by atoms with Crippen molar-refractivity contribution in [2.75, 3.05) is 0 Å². The van der Waals surface area contributed by atoms with Crippen molar-refractivity contribution in [3.63, 3.8) is 0 Å². The number of hydrogen-bond donors (Lipinski definition) is 2. The van der Waals surface area contributed by atoms with E-state index in [0.717, 1.165) is 19.3 Å². The molecule has 27 heavy (non-hydrogen) atoms. The Kier molecular flexibility index (Phi) is 4.87. The van der Waals surface area contributed by atoms with Crippen LogP contribution in [-0.4, -0.2) is 21.8 Å². The number of carbonyl (C=O) groups is 1. The second kappa shape index (κ2) is 6.74. The monoisotopic (exact) mass is 370 g/mol. The van der Waals surface area contributed by atoms with Crippen molar-refractivity contribution in [1.29, 1.82) is 0 Å².